The summed E-state index contributed by atoms with van der Waals surface area (Å²) in [5.41, 5.74) is -46.4. The van der Waals surface area contributed by atoms with Crippen molar-refractivity contribution in [1.29, 1.82) is 0 Å². The van der Waals surface area contributed by atoms with E-state index in [0.29, 0.717) is 0 Å². The zero-order valence-electron chi connectivity index (χ0n) is 55.3. The first kappa shape index (κ1) is 104. The van der Waals surface area contributed by atoms with Crippen molar-refractivity contribution in [3.05, 3.63) is 0 Å². The third kappa shape index (κ3) is 19.2. The van der Waals surface area contributed by atoms with Gasteiger partial charge in [-0.2, -0.15) is 198 Å². The molecule has 9 atom stereocenters. The molecule has 0 heterocycles. The molecule has 0 radical (unpaired) electrons. The number of esters is 3. The minimum absolute atomic E-state index is 0.163. The molecule has 3 rings (SSSR count). The third-order valence-corrected chi connectivity index (χ3v) is 19.9. The Bertz CT molecular complexity index is 2570. The maximum absolute atomic E-state index is 13.3. The van der Waals surface area contributed by atoms with Crippen LogP contribution in [0.25, 0.3) is 0 Å². The largest absolute Gasteiger partial charge is 0.462 e. The second-order valence-corrected chi connectivity index (χ2v) is 26.5. The molecule has 3 aliphatic rings. The molecule has 0 bridgehead atoms. The molecule has 0 aromatic heterocycles. The van der Waals surface area contributed by atoms with Gasteiger partial charge in [0, 0.05) is 35.5 Å². The molecular weight excluding hydrogens is 1700 g/mol. The lowest BCUT2D eigenvalue weighted by molar-refractivity contribution is -0.406. The summed E-state index contributed by atoms with van der Waals surface area (Å²) in [6, 6.07) is 0. The average molecular weight is 1750 g/mol. The van der Waals surface area contributed by atoms with Gasteiger partial charge in [0.15, 0.2) is 16.2 Å². The van der Waals surface area contributed by atoms with Gasteiger partial charge in [0.05, 0.1) is 0 Å². The van der Waals surface area contributed by atoms with E-state index in [9.17, 15) is 243 Å². The van der Waals surface area contributed by atoms with Crippen LogP contribution in [-0.4, -0.2) is 193 Å². The molecular formula is C54H57F45O12. The van der Waals surface area contributed by atoms with Gasteiger partial charge < -0.3 is 44.8 Å². The van der Waals surface area contributed by atoms with Crippen LogP contribution in [0.3, 0.4) is 0 Å². The minimum atomic E-state index is -6.77. The topological polar surface area (TPSA) is 200 Å². The van der Waals surface area contributed by atoms with Gasteiger partial charge in [0.25, 0.3) is 33.6 Å². The van der Waals surface area contributed by atoms with Gasteiger partial charge in [0.2, 0.25) is 0 Å². The maximum atomic E-state index is 13.3. The highest BCUT2D eigenvalue weighted by Gasteiger charge is 2.83. The summed E-state index contributed by atoms with van der Waals surface area (Å²) in [6.07, 6.45) is -129. The molecule has 0 saturated heterocycles. The van der Waals surface area contributed by atoms with Crippen LogP contribution in [0, 0.1) is 51.8 Å². The summed E-state index contributed by atoms with van der Waals surface area (Å²) in [7, 11) is 0. The predicted octanol–water partition coefficient (Wildman–Crippen LogP) is 18.0. The van der Waals surface area contributed by atoms with Crippen LogP contribution >= 0.6 is 0 Å². The molecule has 111 heavy (non-hydrogen) atoms. The van der Waals surface area contributed by atoms with Gasteiger partial charge in [0.1, 0.15) is 18.3 Å². The molecule has 57 heteroatoms. The highest BCUT2D eigenvalue weighted by atomic mass is 19.5. The molecule has 0 aliphatic heterocycles. The molecule has 0 amide bonds. The predicted molar refractivity (Wildman–Crippen MR) is 268 cm³/mol. The first-order valence-corrected chi connectivity index (χ1v) is 30.0. The van der Waals surface area contributed by atoms with Crippen LogP contribution in [0.4, 0.5) is 198 Å². The van der Waals surface area contributed by atoms with Crippen molar-refractivity contribution in [2.24, 2.45) is 51.8 Å². The zero-order valence-corrected chi connectivity index (χ0v) is 55.3. The van der Waals surface area contributed by atoms with Crippen LogP contribution in [0.2, 0.25) is 0 Å². The Morgan fingerprint density at radius 3 is 0.387 bits per heavy atom. The second kappa shape index (κ2) is 31.5. The summed E-state index contributed by atoms with van der Waals surface area (Å²) in [5.74, 6) is -29.3. The highest BCUT2D eigenvalue weighted by Crippen LogP contribution is 2.63. The highest BCUT2D eigenvalue weighted by molar-refractivity contribution is 5.78. The quantitative estimate of drug-likeness (QED) is 0.0516. The van der Waals surface area contributed by atoms with Gasteiger partial charge in [-0.15, -0.1) is 0 Å². The van der Waals surface area contributed by atoms with E-state index >= 15 is 0 Å². The van der Waals surface area contributed by atoms with E-state index in [4.69, 9.17) is 0 Å². The SMILES string of the molecule is CCC(C)(C(=O)OC1CC(C(O)(C(F)(F)F)C(F)(F)F)CC(C(O)(C(F)(F)F)C(F)(F)F)C1)C(F)(F)F.CCC(C)(C(=O)OC1CC(C(O)(C(F)(F)F)C(F)(F)F)CC(C(O)(C(F)(F)F)C(F)(F)F)C1)C(F)(F)F.CCC(C)(C(=O)OC1CC(C(O)(C(F)(F)F)C(F)(F)F)CC(C(O)(C(F)(F)F)C(F)(F)F)C1)C(F)(F)F. The number of aliphatic hydroxyl groups is 6. The number of rotatable bonds is 15. The molecule has 3 fully saturated rings. The lowest BCUT2D eigenvalue weighted by Crippen LogP contribution is -2.67. The van der Waals surface area contributed by atoms with Crippen molar-refractivity contribution in [3.63, 3.8) is 0 Å². The monoisotopic (exact) mass is 1750 g/mol. The fraction of sp³-hybridized carbons (Fsp3) is 0.944. The van der Waals surface area contributed by atoms with Crippen molar-refractivity contribution in [3.8, 4) is 0 Å². The molecule has 0 spiro atoms. The van der Waals surface area contributed by atoms with E-state index in [-0.39, 0.29) is 20.8 Å². The van der Waals surface area contributed by atoms with Crippen LogP contribution in [0.15, 0.2) is 0 Å². The lowest BCUT2D eigenvalue weighted by atomic mass is 9.65. The fourth-order valence-corrected chi connectivity index (χ4v) is 12.1. The third-order valence-electron chi connectivity index (χ3n) is 19.9. The van der Waals surface area contributed by atoms with Crippen LogP contribution < -0.4 is 0 Å². The molecule has 3 aliphatic carbocycles. The minimum Gasteiger partial charge on any atom is -0.462 e. The first-order chi connectivity index (χ1) is 48.1. The first-order valence-electron chi connectivity index (χ1n) is 30.0. The maximum Gasteiger partial charge on any atom is 0.426 e. The van der Waals surface area contributed by atoms with Gasteiger partial charge in [-0.25, -0.2) is 0 Å². The second-order valence-electron chi connectivity index (χ2n) is 26.5. The molecule has 660 valence electrons. The Hall–Kier alpha value is -4.98. The van der Waals surface area contributed by atoms with E-state index in [1.807, 2.05) is 0 Å². The summed E-state index contributed by atoms with van der Waals surface area (Å²) in [4.78, 5) is 36.5. The lowest BCUT2D eigenvalue weighted by Gasteiger charge is -2.48. The Labute approximate surface area is 589 Å². The number of ether oxygens (including phenoxy) is 3. The van der Waals surface area contributed by atoms with Gasteiger partial charge >= 0.3 is 111 Å². The van der Waals surface area contributed by atoms with Gasteiger partial charge in [-0.1, -0.05) is 20.8 Å². The normalized spacial score (nSPS) is 25.0. The molecule has 12 nitrogen and oxygen atoms in total. The summed E-state index contributed by atoms with van der Waals surface area (Å²) >= 11 is 0. The number of carbonyl (C=O) groups excluding carboxylic acids is 3. The van der Waals surface area contributed by atoms with Crippen LogP contribution in [0.1, 0.15) is 119 Å². The molecule has 6 N–H and O–H groups in total. The number of hydrogen-bond donors (Lipinski definition) is 6. The fourth-order valence-electron chi connectivity index (χ4n) is 12.1. The number of alkyl halides is 45. The van der Waals surface area contributed by atoms with Crippen LogP contribution in [0.5, 0.6) is 0 Å². The average Bonchev–Trinajstić information content (AvgIpc) is 0.727. The molecule has 3 saturated carbocycles. The van der Waals surface area contributed by atoms with E-state index in [2.05, 4.69) is 14.2 Å². The van der Waals surface area contributed by atoms with Crippen molar-refractivity contribution in [2.75, 3.05) is 0 Å². The number of halogens is 45. The molecule has 9 unspecified atom stereocenters. The Morgan fingerprint density at radius 2 is 0.315 bits per heavy atom. The molecule has 0 aromatic rings. The zero-order chi connectivity index (χ0) is 89.5. The number of hydrogen-bond acceptors (Lipinski definition) is 12. The van der Waals surface area contributed by atoms with Crippen LogP contribution in [-0.2, 0) is 28.6 Å². The number of carbonyl (C=O) groups is 3. The van der Waals surface area contributed by atoms with Crippen molar-refractivity contribution < 1.29 is 257 Å². The van der Waals surface area contributed by atoms with E-state index in [1.54, 1.807) is 0 Å². The van der Waals surface area contributed by atoms with Crippen molar-refractivity contribution >= 4 is 17.9 Å². The Kier molecular flexibility index (Phi) is 29.5. The van der Waals surface area contributed by atoms with Crippen molar-refractivity contribution in [2.45, 2.75) is 263 Å². The van der Waals surface area contributed by atoms with E-state index in [1.165, 1.54) is 0 Å². The summed E-state index contributed by atoms with van der Waals surface area (Å²) < 4.78 is 612. The van der Waals surface area contributed by atoms with Gasteiger partial charge in [-0.3, -0.25) is 14.4 Å². The Morgan fingerprint density at radius 1 is 0.216 bits per heavy atom. The summed E-state index contributed by atoms with van der Waals surface area (Å²) in [5, 5.41) is 57.4. The van der Waals surface area contributed by atoms with E-state index < -0.39 is 291 Å². The summed E-state index contributed by atoms with van der Waals surface area (Å²) in [6.45, 7) is 2.70. The Balaban J connectivity index is 0.000000832. The standard InChI is InChI=1S/3C18H19F15O4/c3*1-3-11(2,14(19,20)21)10(34)37-9-5-7(12(35,15(22,23)24)16(25,26)27)4-8(6-9)13(36,17(28,29)30)18(31,32)33/h3*7-9,35-36H,3-6H2,1-2H3. The smallest absolute Gasteiger partial charge is 0.426 e. The molecule has 0 aromatic carbocycles. The van der Waals surface area contributed by atoms with Crippen molar-refractivity contribution in [1.82, 2.24) is 0 Å². The van der Waals surface area contributed by atoms with E-state index in [0.717, 1.165) is 20.8 Å². The van der Waals surface area contributed by atoms with Gasteiger partial charge in [-0.05, 0) is 97.8 Å².